The summed E-state index contributed by atoms with van der Waals surface area (Å²) in [7, 11) is -1.54. The van der Waals surface area contributed by atoms with Gasteiger partial charge in [-0.15, -0.1) is 0 Å². The minimum absolute atomic E-state index is 0.147. The van der Waals surface area contributed by atoms with Crippen LogP contribution in [0.25, 0.3) is 0 Å². The summed E-state index contributed by atoms with van der Waals surface area (Å²) in [5.74, 6) is 0. The van der Waals surface area contributed by atoms with Gasteiger partial charge in [-0.3, -0.25) is 4.57 Å². The lowest BCUT2D eigenvalue weighted by molar-refractivity contribution is 0.489. The molecule has 0 aliphatic carbocycles. The van der Waals surface area contributed by atoms with Crippen LogP contribution >= 0.6 is 7.37 Å². The topological polar surface area (TPSA) is 49.3 Å². The molecular weight excluding hydrogens is 245 g/mol. The molecule has 2 N–H and O–H groups in total. The van der Waals surface area contributed by atoms with E-state index < -0.39 is 7.37 Å². The van der Waals surface area contributed by atoms with Crippen LogP contribution in [0.1, 0.15) is 5.56 Å². The number of nitrogens with one attached hydrogen (secondary N) is 1. The molecule has 0 amide bonds. The van der Waals surface area contributed by atoms with Gasteiger partial charge in [0, 0.05) is 18.0 Å². The van der Waals surface area contributed by atoms with Gasteiger partial charge in [-0.25, -0.2) is 0 Å². The molecule has 0 heterocycles. The minimum Gasteiger partial charge on any atom is -0.388 e. The zero-order chi connectivity index (χ0) is 13.0. The van der Waals surface area contributed by atoms with E-state index in [-0.39, 0.29) is 6.16 Å². The Labute approximate surface area is 107 Å². The highest BCUT2D eigenvalue weighted by atomic mass is 31.2. The van der Waals surface area contributed by atoms with Gasteiger partial charge in [0.1, 0.15) is 0 Å². The van der Waals surface area contributed by atoms with Crippen LogP contribution in [0.4, 0.5) is 5.69 Å². The minimum atomic E-state index is -3.35. The predicted octanol–water partition coefficient (Wildman–Crippen LogP) is 2.82. The SMILES string of the molecule is CNc1ccccc1CP(=O)(O)c1ccccc1. The standard InChI is InChI=1S/C14H16NO2P/c1-15-14-10-6-5-7-12(14)11-18(16,17)13-8-3-2-4-9-13/h2-10,15H,11H2,1H3,(H,16,17). The van der Waals surface area contributed by atoms with Gasteiger partial charge in [0.2, 0.25) is 7.37 Å². The van der Waals surface area contributed by atoms with Gasteiger partial charge in [-0.2, -0.15) is 0 Å². The van der Waals surface area contributed by atoms with Gasteiger partial charge in [0.15, 0.2) is 0 Å². The highest BCUT2D eigenvalue weighted by molar-refractivity contribution is 7.65. The fraction of sp³-hybridized carbons (Fsp3) is 0.143. The smallest absolute Gasteiger partial charge is 0.233 e. The summed E-state index contributed by atoms with van der Waals surface area (Å²) in [6.07, 6.45) is 0.147. The van der Waals surface area contributed by atoms with Gasteiger partial charge >= 0.3 is 0 Å². The second kappa shape index (κ2) is 5.38. The van der Waals surface area contributed by atoms with Crippen LogP contribution in [0.3, 0.4) is 0 Å². The molecule has 0 saturated heterocycles. The summed E-state index contributed by atoms with van der Waals surface area (Å²) in [5.41, 5.74) is 1.75. The average Bonchev–Trinajstić information content (AvgIpc) is 2.40. The maximum absolute atomic E-state index is 12.4. The second-order valence-corrected chi connectivity index (χ2v) is 6.34. The van der Waals surface area contributed by atoms with E-state index in [0.717, 1.165) is 11.3 Å². The molecule has 0 bridgehead atoms. The molecule has 0 aliphatic heterocycles. The summed E-state index contributed by atoms with van der Waals surface area (Å²) in [4.78, 5) is 10.2. The Bertz CT molecular complexity index is 569. The summed E-state index contributed by atoms with van der Waals surface area (Å²) in [6, 6.07) is 16.3. The summed E-state index contributed by atoms with van der Waals surface area (Å²) in [6.45, 7) is 0. The van der Waals surface area contributed by atoms with E-state index >= 15 is 0 Å². The third kappa shape index (κ3) is 2.81. The van der Waals surface area contributed by atoms with Gasteiger partial charge in [0.25, 0.3) is 0 Å². The van der Waals surface area contributed by atoms with Crippen molar-refractivity contribution in [2.45, 2.75) is 6.16 Å². The molecule has 18 heavy (non-hydrogen) atoms. The van der Waals surface area contributed by atoms with Crippen molar-refractivity contribution in [2.24, 2.45) is 0 Å². The van der Waals surface area contributed by atoms with Crippen molar-refractivity contribution in [3.8, 4) is 0 Å². The van der Waals surface area contributed by atoms with E-state index in [1.807, 2.05) is 37.4 Å². The van der Waals surface area contributed by atoms with Crippen molar-refractivity contribution in [3.63, 3.8) is 0 Å². The van der Waals surface area contributed by atoms with Gasteiger partial charge in [0.05, 0.1) is 6.16 Å². The first kappa shape index (κ1) is 12.9. The Morgan fingerprint density at radius 2 is 1.67 bits per heavy atom. The van der Waals surface area contributed by atoms with Crippen LogP contribution in [0, 0.1) is 0 Å². The Kier molecular flexibility index (Phi) is 3.85. The molecule has 4 heteroatoms. The fourth-order valence-electron chi connectivity index (χ4n) is 1.89. The molecule has 2 aromatic rings. The third-order valence-corrected chi connectivity index (χ3v) is 4.71. The van der Waals surface area contributed by atoms with Crippen LogP contribution in [-0.2, 0) is 10.7 Å². The van der Waals surface area contributed by atoms with E-state index in [1.165, 1.54) is 0 Å². The van der Waals surface area contributed by atoms with E-state index in [4.69, 9.17) is 0 Å². The zero-order valence-corrected chi connectivity index (χ0v) is 11.1. The normalized spacial score (nSPS) is 13.9. The molecule has 0 aromatic heterocycles. The zero-order valence-electron chi connectivity index (χ0n) is 10.2. The van der Waals surface area contributed by atoms with Crippen LogP contribution in [0.5, 0.6) is 0 Å². The first-order valence-electron chi connectivity index (χ1n) is 5.76. The van der Waals surface area contributed by atoms with Gasteiger partial charge in [-0.1, -0.05) is 36.4 Å². The van der Waals surface area contributed by atoms with Crippen molar-refractivity contribution in [1.29, 1.82) is 0 Å². The quantitative estimate of drug-likeness (QED) is 0.832. The molecule has 1 unspecified atom stereocenters. The number of rotatable bonds is 4. The molecule has 1 atom stereocenters. The number of benzene rings is 2. The van der Waals surface area contributed by atoms with Crippen molar-refractivity contribution >= 4 is 18.4 Å². The lowest BCUT2D eigenvalue weighted by Crippen LogP contribution is -2.06. The number of para-hydroxylation sites is 1. The Morgan fingerprint density at radius 1 is 1.06 bits per heavy atom. The van der Waals surface area contributed by atoms with Crippen LogP contribution in [0.2, 0.25) is 0 Å². The molecule has 0 saturated carbocycles. The second-order valence-electron chi connectivity index (χ2n) is 4.10. The summed E-state index contributed by atoms with van der Waals surface area (Å²) >= 11 is 0. The maximum Gasteiger partial charge on any atom is 0.233 e. The highest BCUT2D eigenvalue weighted by Gasteiger charge is 2.22. The van der Waals surface area contributed by atoms with Gasteiger partial charge in [-0.05, 0) is 23.8 Å². The summed E-state index contributed by atoms with van der Waals surface area (Å²) < 4.78 is 12.4. The summed E-state index contributed by atoms with van der Waals surface area (Å²) in [5, 5.41) is 3.53. The number of anilines is 1. The largest absolute Gasteiger partial charge is 0.388 e. The third-order valence-electron chi connectivity index (χ3n) is 2.83. The van der Waals surface area contributed by atoms with E-state index in [0.29, 0.717) is 5.30 Å². The van der Waals surface area contributed by atoms with Gasteiger partial charge < -0.3 is 10.2 Å². The molecule has 2 aromatic carbocycles. The first-order valence-corrected chi connectivity index (χ1v) is 7.61. The Hall–Kier alpha value is -1.57. The number of hydrogen-bond donors (Lipinski definition) is 2. The Balaban J connectivity index is 2.31. The van der Waals surface area contributed by atoms with Crippen molar-refractivity contribution in [1.82, 2.24) is 0 Å². The molecule has 2 rings (SSSR count). The van der Waals surface area contributed by atoms with Crippen molar-refractivity contribution < 1.29 is 9.46 Å². The Morgan fingerprint density at radius 3 is 2.33 bits per heavy atom. The van der Waals surface area contributed by atoms with E-state index in [9.17, 15) is 9.46 Å². The average molecular weight is 261 g/mol. The van der Waals surface area contributed by atoms with Crippen LogP contribution in [-0.4, -0.2) is 11.9 Å². The van der Waals surface area contributed by atoms with E-state index in [2.05, 4.69) is 5.32 Å². The fourth-order valence-corrected chi connectivity index (χ4v) is 3.44. The molecule has 0 aliphatic rings. The number of hydrogen-bond acceptors (Lipinski definition) is 2. The lowest BCUT2D eigenvalue weighted by atomic mass is 10.2. The monoisotopic (exact) mass is 261 g/mol. The molecule has 94 valence electrons. The van der Waals surface area contributed by atoms with Crippen LogP contribution < -0.4 is 10.6 Å². The van der Waals surface area contributed by atoms with Crippen molar-refractivity contribution in [2.75, 3.05) is 12.4 Å². The maximum atomic E-state index is 12.4. The molecule has 0 radical (unpaired) electrons. The predicted molar refractivity (Wildman–Crippen MR) is 75.6 cm³/mol. The van der Waals surface area contributed by atoms with Crippen molar-refractivity contribution in [3.05, 3.63) is 60.2 Å². The molecule has 3 nitrogen and oxygen atoms in total. The highest BCUT2D eigenvalue weighted by Crippen LogP contribution is 2.44. The first-order chi connectivity index (χ1) is 8.63. The lowest BCUT2D eigenvalue weighted by Gasteiger charge is -2.14. The molecule has 0 spiro atoms. The molecule has 0 fully saturated rings. The van der Waals surface area contributed by atoms with Crippen LogP contribution in [0.15, 0.2) is 54.6 Å². The van der Waals surface area contributed by atoms with E-state index in [1.54, 1.807) is 24.3 Å². The molecular formula is C14H16NO2P.